The topological polar surface area (TPSA) is 52.7 Å². The van der Waals surface area contributed by atoms with E-state index < -0.39 is 5.41 Å². The molecule has 1 fully saturated rings. The third-order valence-electron chi connectivity index (χ3n) is 5.77. The molecule has 166 valence electrons. The molecule has 0 bridgehead atoms. The molecule has 1 aliphatic carbocycles. The summed E-state index contributed by atoms with van der Waals surface area (Å²) in [6.45, 7) is 8.41. The van der Waals surface area contributed by atoms with Gasteiger partial charge in [0.1, 0.15) is 0 Å². The summed E-state index contributed by atoms with van der Waals surface area (Å²) in [7, 11) is 4.00. The van der Waals surface area contributed by atoms with E-state index in [-0.39, 0.29) is 23.8 Å². The number of anilines is 2. The van der Waals surface area contributed by atoms with Crippen molar-refractivity contribution < 1.29 is 9.59 Å². The fraction of sp³-hybridized carbons (Fsp3) is 0.462. The zero-order valence-electron chi connectivity index (χ0n) is 19.6. The Hall–Kier alpha value is -2.82. The number of carbonyl (C=O) groups is 2. The minimum Gasteiger partial charge on any atom is -0.377 e. The summed E-state index contributed by atoms with van der Waals surface area (Å²) in [6, 6.07) is 16.0. The van der Waals surface area contributed by atoms with Crippen LogP contribution in [0.25, 0.3) is 0 Å². The maximum absolute atomic E-state index is 13.5. The van der Waals surface area contributed by atoms with Gasteiger partial charge in [0.2, 0.25) is 11.8 Å². The smallest absolute Gasteiger partial charge is 0.228 e. The Morgan fingerprint density at radius 2 is 1.71 bits per heavy atom. The summed E-state index contributed by atoms with van der Waals surface area (Å²) >= 11 is 0. The van der Waals surface area contributed by atoms with Crippen molar-refractivity contribution in [2.75, 3.05) is 24.3 Å². The van der Waals surface area contributed by atoms with Crippen molar-refractivity contribution in [3.63, 3.8) is 0 Å². The van der Waals surface area contributed by atoms with Gasteiger partial charge >= 0.3 is 0 Å². The van der Waals surface area contributed by atoms with Crippen LogP contribution in [0.1, 0.15) is 57.7 Å². The molecule has 2 amide bonds. The van der Waals surface area contributed by atoms with E-state index in [0.29, 0.717) is 6.54 Å². The molecular formula is C26H35N3O2. The number of rotatable bonds is 7. The van der Waals surface area contributed by atoms with Gasteiger partial charge in [-0.2, -0.15) is 0 Å². The van der Waals surface area contributed by atoms with E-state index in [2.05, 4.69) is 29.3 Å². The summed E-state index contributed by atoms with van der Waals surface area (Å²) < 4.78 is 0. The van der Waals surface area contributed by atoms with Crippen LogP contribution in [0.2, 0.25) is 0 Å². The normalized spacial score (nSPS) is 14.6. The first-order valence-corrected chi connectivity index (χ1v) is 11.0. The number of hydrogen-bond donors (Lipinski definition) is 1. The molecule has 0 spiro atoms. The lowest BCUT2D eigenvalue weighted by Gasteiger charge is -2.35. The van der Waals surface area contributed by atoms with Gasteiger partial charge in [-0.3, -0.25) is 9.59 Å². The molecule has 1 atom stereocenters. The second-order valence-corrected chi connectivity index (χ2v) is 9.77. The van der Waals surface area contributed by atoms with Gasteiger partial charge in [-0.25, -0.2) is 0 Å². The molecule has 0 saturated heterocycles. The predicted octanol–water partition coefficient (Wildman–Crippen LogP) is 5.24. The number of nitrogens with zero attached hydrogens (tertiary/aromatic N) is 2. The quantitative estimate of drug-likeness (QED) is 0.665. The lowest BCUT2D eigenvalue weighted by atomic mass is 9.92. The number of hydrogen-bond acceptors (Lipinski definition) is 3. The molecule has 0 heterocycles. The van der Waals surface area contributed by atoms with Gasteiger partial charge in [-0.05, 0) is 49.1 Å². The van der Waals surface area contributed by atoms with E-state index in [9.17, 15) is 9.59 Å². The summed E-state index contributed by atoms with van der Waals surface area (Å²) in [6.07, 6.45) is 1.94. The van der Waals surface area contributed by atoms with E-state index >= 15 is 0 Å². The van der Waals surface area contributed by atoms with E-state index in [1.165, 1.54) is 0 Å². The van der Waals surface area contributed by atoms with Crippen molar-refractivity contribution in [3.8, 4) is 0 Å². The molecule has 0 unspecified atom stereocenters. The highest BCUT2D eigenvalue weighted by Gasteiger charge is 2.32. The Morgan fingerprint density at radius 1 is 1.06 bits per heavy atom. The SMILES string of the molecule is C[C@@H](c1ccccc1)N(Cc1cc(NC(=O)C2CC2)ccc1N(C)C)C(=O)C(C)(C)C. The van der Waals surface area contributed by atoms with Gasteiger partial charge in [-0.15, -0.1) is 0 Å². The van der Waals surface area contributed by atoms with Crippen molar-refractivity contribution in [2.45, 2.75) is 53.1 Å². The van der Waals surface area contributed by atoms with Crippen molar-refractivity contribution in [2.24, 2.45) is 11.3 Å². The van der Waals surface area contributed by atoms with Crippen LogP contribution in [0.15, 0.2) is 48.5 Å². The third kappa shape index (κ3) is 5.66. The first-order chi connectivity index (χ1) is 14.6. The minimum atomic E-state index is -0.501. The molecule has 5 nitrogen and oxygen atoms in total. The molecule has 5 heteroatoms. The highest BCUT2D eigenvalue weighted by atomic mass is 16.2. The van der Waals surface area contributed by atoms with Gasteiger partial charge in [-0.1, -0.05) is 51.1 Å². The van der Waals surface area contributed by atoms with Crippen LogP contribution < -0.4 is 10.2 Å². The van der Waals surface area contributed by atoms with Crippen LogP contribution in [0.4, 0.5) is 11.4 Å². The molecular weight excluding hydrogens is 386 g/mol. The zero-order chi connectivity index (χ0) is 22.8. The van der Waals surface area contributed by atoms with Gasteiger partial charge in [0.25, 0.3) is 0 Å². The van der Waals surface area contributed by atoms with Crippen molar-refractivity contribution in [1.29, 1.82) is 0 Å². The monoisotopic (exact) mass is 421 g/mol. The van der Waals surface area contributed by atoms with E-state index in [4.69, 9.17) is 0 Å². The van der Waals surface area contributed by atoms with Crippen LogP contribution in [0.5, 0.6) is 0 Å². The lowest BCUT2D eigenvalue weighted by molar-refractivity contribution is -0.142. The van der Waals surface area contributed by atoms with Crippen LogP contribution in [-0.4, -0.2) is 30.8 Å². The summed E-state index contributed by atoms with van der Waals surface area (Å²) in [4.78, 5) is 29.7. The minimum absolute atomic E-state index is 0.0763. The Morgan fingerprint density at radius 3 is 2.26 bits per heavy atom. The Kier molecular flexibility index (Phi) is 6.73. The van der Waals surface area contributed by atoms with Crippen molar-refractivity contribution in [3.05, 3.63) is 59.7 Å². The second-order valence-electron chi connectivity index (χ2n) is 9.77. The Balaban J connectivity index is 1.96. The second kappa shape index (κ2) is 9.13. The summed E-state index contributed by atoms with van der Waals surface area (Å²) in [5.41, 5.74) is 3.44. The highest BCUT2D eigenvalue weighted by molar-refractivity contribution is 5.94. The van der Waals surface area contributed by atoms with Crippen LogP contribution in [-0.2, 0) is 16.1 Å². The number of benzene rings is 2. The lowest BCUT2D eigenvalue weighted by Crippen LogP contribution is -2.40. The number of nitrogens with one attached hydrogen (secondary N) is 1. The van der Waals surface area contributed by atoms with Crippen LogP contribution >= 0.6 is 0 Å². The molecule has 1 saturated carbocycles. The maximum atomic E-state index is 13.5. The standard InChI is InChI=1S/C26H35N3O2/c1-18(19-10-8-7-9-11-19)29(25(31)26(2,3)4)17-21-16-22(14-15-23(21)28(5)6)27-24(30)20-12-13-20/h7-11,14-16,18,20H,12-13,17H2,1-6H3,(H,27,30)/t18-/m0/s1. The van der Waals surface area contributed by atoms with Crippen molar-refractivity contribution in [1.82, 2.24) is 4.90 Å². The highest BCUT2D eigenvalue weighted by Crippen LogP contribution is 2.33. The van der Waals surface area contributed by atoms with Crippen molar-refractivity contribution >= 4 is 23.2 Å². The molecule has 2 aromatic carbocycles. The van der Waals surface area contributed by atoms with Gasteiger partial charge in [0.15, 0.2) is 0 Å². The molecule has 0 aromatic heterocycles. The fourth-order valence-corrected chi connectivity index (χ4v) is 3.73. The maximum Gasteiger partial charge on any atom is 0.228 e. The first-order valence-electron chi connectivity index (χ1n) is 11.0. The number of amides is 2. The molecule has 3 rings (SSSR count). The Labute approximate surface area is 186 Å². The predicted molar refractivity (Wildman–Crippen MR) is 127 cm³/mol. The fourth-order valence-electron chi connectivity index (χ4n) is 3.73. The molecule has 0 aliphatic heterocycles. The zero-order valence-corrected chi connectivity index (χ0v) is 19.6. The van der Waals surface area contributed by atoms with E-state index in [1.807, 2.05) is 76.2 Å². The van der Waals surface area contributed by atoms with Crippen LogP contribution in [0, 0.1) is 11.3 Å². The molecule has 0 radical (unpaired) electrons. The van der Waals surface area contributed by atoms with Gasteiger partial charge in [0.05, 0.1) is 6.04 Å². The Bertz CT molecular complexity index is 927. The molecule has 1 aliphatic rings. The molecule has 1 N–H and O–H groups in total. The first kappa shape index (κ1) is 22.9. The average molecular weight is 422 g/mol. The van der Waals surface area contributed by atoms with Crippen LogP contribution in [0.3, 0.4) is 0 Å². The largest absolute Gasteiger partial charge is 0.377 e. The van der Waals surface area contributed by atoms with Gasteiger partial charge < -0.3 is 15.1 Å². The van der Waals surface area contributed by atoms with E-state index in [1.54, 1.807) is 0 Å². The average Bonchev–Trinajstić information content (AvgIpc) is 3.56. The number of carbonyl (C=O) groups excluding carboxylic acids is 2. The van der Waals surface area contributed by atoms with E-state index in [0.717, 1.165) is 35.3 Å². The summed E-state index contributed by atoms with van der Waals surface area (Å²) in [5, 5.41) is 3.04. The molecule has 2 aromatic rings. The molecule has 31 heavy (non-hydrogen) atoms. The summed E-state index contributed by atoms with van der Waals surface area (Å²) in [5.74, 6) is 0.332. The van der Waals surface area contributed by atoms with Gasteiger partial charge in [0, 0.05) is 43.3 Å². The third-order valence-corrected chi connectivity index (χ3v) is 5.77.